The Morgan fingerprint density at radius 1 is 1.11 bits per heavy atom. The van der Waals surface area contributed by atoms with Crippen molar-refractivity contribution in [2.45, 2.75) is 24.9 Å². The van der Waals surface area contributed by atoms with Crippen molar-refractivity contribution in [1.82, 2.24) is 10.2 Å². The first-order valence-corrected chi connectivity index (χ1v) is 9.56. The van der Waals surface area contributed by atoms with Crippen LogP contribution in [-0.2, 0) is 9.53 Å². The van der Waals surface area contributed by atoms with Crippen molar-refractivity contribution in [3.8, 4) is 11.1 Å². The molecule has 1 fully saturated rings. The van der Waals surface area contributed by atoms with Crippen LogP contribution in [0.4, 0.5) is 4.39 Å². The molecule has 1 amide bonds. The first kappa shape index (κ1) is 20.5. The van der Waals surface area contributed by atoms with Crippen molar-refractivity contribution in [3.63, 3.8) is 0 Å². The lowest BCUT2D eigenvalue weighted by Gasteiger charge is -2.47. The maximum Gasteiger partial charge on any atom is 0.248 e. The van der Waals surface area contributed by atoms with E-state index in [-0.39, 0.29) is 42.9 Å². The van der Waals surface area contributed by atoms with E-state index in [1.165, 1.54) is 19.2 Å². The number of carbonyl (C=O) groups excluding carboxylic acids is 1. The third-order valence-corrected chi connectivity index (χ3v) is 5.38. The Balaban J connectivity index is 1.73. The normalized spacial score (nSPS) is 21.2. The highest BCUT2D eigenvalue weighted by molar-refractivity contribution is 5.77. The number of aliphatic hydroxyl groups is 1. The summed E-state index contributed by atoms with van der Waals surface area (Å²) in [6.07, 6.45) is 0. The van der Waals surface area contributed by atoms with Gasteiger partial charge >= 0.3 is 0 Å². The van der Waals surface area contributed by atoms with Gasteiger partial charge in [-0.1, -0.05) is 36.4 Å². The van der Waals surface area contributed by atoms with Crippen LogP contribution in [0.1, 0.15) is 18.4 Å². The van der Waals surface area contributed by atoms with Gasteiger partial charge in [-0.2, -0.15) is 0 Å². The Morgan fingerprint density at radius 3 is 2.25 bits per heavy atom. The summed E-state index contributed by atoms with van der Waals surface area (Å²) in [7, 11) is 1.51. The molecule has 0 aliphatic carbocycles. The average molecular weight is 386 g/mol. The predicted octanol–water partition coefficient (Wildman–Crippen LogP) is 2.40. The quantitative estimate of drug-likeness (QED) is 0.731. The SMILES string of the molecule is CCN(C[C@H]1N[C@H](CO)[C@H]1c1ccc(-c2ccc(F)cc2)cc1)C(=O)COC. The molecule has 6 heteroatoms. The molecule has 2 aromatic carbocycles. The Bertz CT molecular complexity index is 779. The van der Waals surface area contributed by atoms with E-state index in [1.54, 1.807) is 17.0 Å². The standard InChI is InChI=1S/C22H27FN2O3/c1-3-25(21(27)14-28-2)12-19-22(20(13-26)24-19)17-6-4-15(5-7-17)16-8-10-18(23)11-9-16/h4-11,19-20,22,24,26H,3,12-14H2,1-2H3/t19-,20-,22+/m1/s1. The molecule has 0 unspecified atom stereocenters. The largest absolute Gasteiger partial charge is 0.395 e. The smallest absolute Gasteiger partial charge is 0.248 e. The van der Waals surface area contributed by atoms with Crippen LogP contribution in [0.25, 0.3) is 11.1 Å². The summed E-state index contributed by atoms with van der Waals surface area (Å²) in [4.78, 5) is 13.9. The van der Waals surface area contributed by atoms with Crippen molar-refractivity contribution in [3.05, 3.63) is 59.9 Å². The fraction of sp³-hybridized carbons (Fsp3) is 0.409. The molecular weight excluding hydrogens is 359 g/mol. The van der Waals surface area contributed by atoms with Gasteiger partial charge in [0.1, 0.15) is 12.4 Å². The molecule has 28 heavy (non-hydrogen) atoms. The molecule has 1 aliphatic heterocycles. The van der Waals surface area contributed by atoms with Gasteiger partial charge in [0, 0.05) is 38.2 Å². The second-order valence-corrected chi connectivity index (χ2v) is 7.08. The van der Waals surface area contributed by atoms with Gasteiger partial charge in [-0.15, -0.1) is 0 Å². The Hall–Kier alpha value is -2.28. The zero-order valence-corrected chi connectivity index (χ0v) is 16.3. The van der Waals surface area contributed by atoms with Crippen LogP contribution in [0.3, 0.4) is 0 Å². The molecule has 0 bridgehead atoms. The van der Waals surface area contributed by atoms with Gasteiger partial charge < -0.3 is 20.1 Å². The topological polar surface area (TPSA) is 61.8 Å². The number of benzene rings is 2. The maximum atomic E-state index is 13.1. The summed E-state index contributed by atoms with van der Waals surface area (Å²) < 4.78 is 18.1. The van der Waals surface area contributed by atoms with Gasteiger partial charge in [-0.3, -0.25) is 4.79 Å². The zero-order chi connectivity index (χ0) is 20.1. The highest BCUT2D eigenvalue weighted by Gasteiger charge is 2.41. The molecule has 1 saturated heterocycles. The van der Waals surface area contributed by atoms with Crippen LogP contribution in [0.15, 0.2) is 48.5 Å². The number of amides is 1. The van der Waals surface area contributed by atoms with E-state index < -0.39 is 0 Å². The van der Waals surface area contributed by atoms with Gasteiger partial charge in [0.2, 0.25) is 5.91 Å². The summed E-state index contributed by atoms with van der Waals surface area (Å²) in [6.45, 7) is 3.24. The first-order chi connectivity index (χ1) is 13.6. The number of hydrogen-bond acceptors (Lipinski definition) is 4. The van der Waals surface area contributed by atoms with Gasteiger partial charge in [-0.25, -0.2) is 4.39 Å². The molecule has 3 atom stereocenters. The Labute approximate surface area is 165 Å². The van der Waals surface area contributed by atoms with Crippen LogP contribution in [0.2, 0.25) is 0 Å². The second kappa shape index (κ2) is 9.28. The number of halogens is 1. The van der Waals surface area contributed by atoms with E-state index in [0.29, 0.717) is 13.1 Å². The first-order valence-electron chi connectivity index (χ1n) is 9.56. The van der Waals surface area contributed by atoms with Crippen molar-refractivity contribution < 1.29 is 19.0 Å². The molecule has 2 aromatic rings. The van der Waals surface area contributed by atoms with Crippen molar-refractivity contribution in [1.29, 1.82) is 0 Å². The monoisotopic (exact) mass is 386 g/mol. The van der Waals surface area contributed by atoms with Crippen molar-refractivity contribution >= 4 is 5.91 Å². The molecule has 2 N–H and O–H groups in total. The summed E-state index contributed by atoms with van der Waals surface area (Å²) in [5.41, 5.74) is 3.08. The molecule has 0 aromatic heterocycles. The minimum absolute atomic E-state index is 0.0297. The number of methoxy groups -OCH3 is 1. The number of hydrogen-bond donors (Lipinski definition) is 2. The Morgan fingerprint density at radius 2 is 1.71 bits per heavy atom. The number of carbonyl (C=O) groups is 1. The van der Waals surface area contributed by atoms with Crippen LogP contribution >= 0.6 is 0 Å². The molecule has 150 valence electrons. The van der Waals surface area contributed by atoms with Crippen LogP contribution < -0.4 is 5.32 Å². The number of nitrogens with one attached hydrogen (secondary N) is 1. The van der Waals surface area contributed by atoms with E-state index in [9.17, 15) is 14.3 Å². The molecule has 5 nitrogen and oxygen atoms in total. The van der Waals surface area contributed by atoms with Crippen molar-refractivity contribution in [2.75, 3.05) is 33.4 Å². The van der Waals surface area contributed by atoms with Crippen LogP contribution in [0, 0.1) is 5.82 Å². The molecule has 1 aliphatic rings. The molecule has 3 rings (SSSR count). The molecule has 0 saturated carbocycles. The fourth-order valence-corrected chi connectivity index (χ4v) is 3.84. The van der Waals surface area contributed by atoms with Gasteiger partial charge in [-0.05, 0) is 35.7 Å². The highest BCUT2D eigenvalue weighted by Crippen LogP contribution is 2.34. The zero-order valence-electron chi connectivity index (χ0n) is 16.3. The summed E-state index contributed by atoms with van der Waals surface area (Å²) in [5, 5.41) is 13.0. The van der Waals surface area contributed by atoms with E-state index in [4.69, 9.17) is 4.74 Å². The summed E-state index contributed by atoms with van der Waals surface area (Å²) in [6, 6.07) is 14.6. The lowest BCUT2D eigenvalue weighted by Crippen LogP contribution is -2.65. The number of rotatable bonds is 8. The van der Waals surface area contributed by atoms with E-state index in [1.807, 2.05) is 31.2 Å². The number of aliphatic hydroxyl groups excluding tert-OH is 1. The van der Waals surface area contributed by atoms with Crippen LogP contribution in [0.5, 0.6) is 0 Å². The lowest BCUT2D eigenvalue weighted by atomic mass is 9.77. The Kier molecular flexibility index (Phi) is 6.78. The third-order valence-electron chi connectivity index (χ3n) is 5.38. The number of ether oxygens (including phenoxy) is 1. The molecule has 0 radical (unpaired) electrons. The van der Waals surface area contributed by atoms with Gasteiger partial charge in [0.05, 0.1) is 6.61 Å². The molecular formula is C22H27FN2O3. The number of nitrogens with zero attached hydrogens (tertiary/aromatic N) is 1. The van der Waals surface area contributed by atoms with E-state index in [0.717, 1.165) is 16.7 Å². The lowest BCUT2D eigenvalue weighted by molar-refractivity contribution is -0.135. The number of likely N-dealkylation sites (N-methyl/N-ethyl adjacent to an activating group) is 1. The maximum absolute atomic E-state index is 13.1. The van der Waals surface area contributed by atoms with Crippen molar-refractivity contribution in [2.24, 2.45) is 0 Å². The average Bonchev–Trinajstić information content (AvgIpc) is 2.69. The predicted molar refractivity (Wildman–Crippen MR) is 107 cm³/mol. The second-order valence-electron chi connectivity index (χ2n) is 7.08. The van der Waals surface area contributed by atoms with Gasteiger partial charge in [0.15, 0.2) is 0 Å². The molecule has 0 spiro atoms. The molecule has 1 heterocycles. The third kappa shape index (κ3) is 4.41. The summed E-state index contributed by atoms with van der Waals surface area (Å²) >= 11 is 0. The minimum Gasteiger partial charge on any atom is -0.395 e. The minimum atomic E-state index is -0.252. The summed E-state index contributed by atoms with van der Waals surface area (Å²) in [5.74, 6) is -0.167. The highest BCUT2D eigenvalue weighted by atomic mass is 19.1. The van der Waals surface area contributed by atoms with Crippen LogP contribution in [-0.4, -0.2) is 61.4 Å². The van der Waals surface area contributed by atoms with Gasteiger partial charge in [0.25, 0.3) is 0 Å². The van der Waals surface area contributed by atoms with E-state index in [2.05, 4.69) is 5.32 Å². The van der Waals surface area contributed by atoms with E-state index >= 15 is 0 Å². The fourth-order valence-electron chi connectivity index (χ4n) is 3.84.